The van der Waals surface area contributed by atoms with E-state index in [0.29, 0.717) is 24.4 Å². The first-order valence-corrected chi connectivity index (χ1v) is 10.3. The average Bonchev–Trinajstić information content (AvgIpc) is 2.69. The van der Waals surface area contributed by atoms with Crippen molar-refractivity contribution in [1.82, 2.24) is 10.6 Å². The van der Waals surface area contributed by atoms with Gasteiger partial charge in [0.05, 0.1) is 0 Å². The minimum Gasteiger partial charge on any atom is -0.353 e. The normalized spacial score (nSPS) is 19.3. The van der Waals surface area contributed by atoms with Crippen molar-refractivity contribution in [2.45, 2.75) is 44.1 Å². The number of hydrogen-bond acceptors (Lipinski definition) is 2. The molecule has 142 valence electrons. The van der Waals surface area contributed by atoms with E-state index in [1.54, 1.807) is 12.1 Å². The van der Waals surface area contributed by atoms with Gasteiger partial charge in [-0.25, -0.2) is 0 Å². The Hall–Kier alpha value is -2.14. The van der Waals surface area contributed by atoms with E-state index < -0.39 is 0 Å². The summed E-state index contributed by atoms with van der Waals surface area (Å²) in [6.07, 6.45) is 4.54. The minimum atomic E-state index is -0.154. The highest BCUT2D eigenvalue weighted by Crippen LogP contribution is 2.32. The van der Waals surface area contributed by atoms with E-state index in [1.165, 1.54) is 5.56 Å². The third kappa shape index (κ3) is 5.93. The molecule has 0 aliphatic heterocycles. The lowest BCUT2D eigenvalue weighted by molar-refractivity contribution is -0.121. The predicted octanol–water partition coefficient (Wildman–Crippen LogP) is 4.41. The molecule has 0 heterocycles. The van der Waals surface area contributed by atoms with Gasteiger partial charge in [0.15, 0.2) is 0 Å². The van der Waals surface area contributed by atoms with Crippen LogP contribution in [0.15, 0.2) is 59.1 Å². The molecule has 1 aliphatic carbocycles. The fraction of sp³-hybridized carbons (Fsp3) is 0.364. The SMILES string of the molecule is O=C(CCNC(=O)c1ccc(Br)cc1)NC1CCC(c2ccccc2)CC1. The van der Waals surface area contributed by atoms with Crippen molar-refractivity contribution in [3.8, 4) is 0 Å². The van der Waals surface area contributed by atoms with Gasteiger partial charge in [0.1, 0.15) is 0 Å². The highest BCUT2D eigenvalue weighted by atomic mass is 79.9. The van der Waals surface area contributed by atoms with Gasteiger partial charge < -0.3 is 10.6 Å². The van der Waals surface area contributed by atoms with Crippen LogP contribution in [0.1, 0.15) is 53.9 Å². The van der Waals surface area contributed by atoms with Crippen molar-refractivity contribution in [2.75, 3.05) is 6.54 Å². The van der Waals surface area contributed by atoms with Crippen LogP contribution in [0.5, 0.6) is 0 Å². The zero-order valence-electron chi connectivity index (χ0n) is 15.3. The first-order valence-electron chi connectivity index (χ1n) is 9.50. The Balaban J connectivity index is 1.35. The van der Waals surface area contributed by atoms with Gasteiger partial charge in [-0.1, -0.05) is 46.3 Å². The molecule has 0 atom stereocenters. The van der Waals surface area contributed by atoms with Crippen LogP contribution in [-0.2, 0) is 4.79 Å². The quantitative estimate of drug-likeness (QED) is 0.715. The summed E-state index contributed by atoms with van der Waals surface area (Å²) in [5, 5.41) is 5.92. The van der Waals surface area contributed by atoms with Gasteiger partial charge >= 0.3 is 0 Å². The van der Waals surface area contributed by atoms with Crippen LogP contribution in [0.4, 0.5) is 0 Å². The Bertz CT molecular complexity index is 754. The molecule has 0 aromatic heterocycles. The summed E-state index contributed by atoms with van der Waals surface area (Å²) >= 11 is 3.35. The van der Waals surface area contributed by atoms with Gasteiger partial charge in [-0.05, 0) is 61.4 Å². The van der Waals surface area contributed by atoms with Crippen molar-refractivity contribution in [2.24, 2.45) is 0 Å². The Morgan fingerprint density at radius 2 is 1.59 bits per heavy atom. The predicted molar refractivity (Wildman–Crippen MR) is 111 cm³/mol. The number of amides is 2. The van der Waals surface area contributed by atoms with Crippen LogP contribution in [0.3, 0.4) is 0 Å². The van der Waals surface area contributed by atoms with E-state index in [2.05, 4.69) is 50.8 Å². The maximum atomic E-state index is 12.2. The molecule has 2 amide bonds. The van der Waals surface area contributed by atoms with Gasteiger partial charge in [-0.3, -0.25) is 9.59 Å². The van der Waals surface area contributed by atoms with Crippen LogP contribution in [0, 0.1) is 0 Å². The second-order valence-electron chi connectivity index (χ2n) is 7.04. The van der Waals surface area contributed by atoms with E-state index in [1.807, 2.05) is 18.2 Å². The molecule has 0 radical (unpaired) electrons. The van der Waals surface area contributed by atoms with Crippen molar-refractivity contribution < 1.29 is 9.59 Å². The fourth-order valence-corrected chi connectivity index (χ4v) is 3.85. The molecule has 0 saturated heterocycles. The molecule has 5 heteroatoms. The lowest BCUT2D eigenvalue weighted by atomic mass is 9.82. The monoisotopic (exact) mass is 428 g/mol. The Kier molecular flexibility index (Phi) is 7.04. The van der Waals surface area contributed by atoms with Crippen LogP contribution in [-0.4, -0.2) is 24.4 Å². The zero-order chi connectivity index (χ0) is 19.1. The second-order valence-corrected chi connectivity index (χ2v) is 7.96. The van der Waals surface area contributed by atoms with Crippen molar-refractivity contribution >= 4 is 27.7 Å². The first kappa shape index (κ1) is 19.6. The topological polar surface area (TPSA) is 58.2 Å². The summed E-state index contributed by atoms with van der Waals surface area (Å²) in [6.45, 7) is 0.347. The summed E-state index contributed by atoms with van der Waals surface area (Å²) < 4.78 is 0.931. The maximum absolute atomic E-state index is 12.2. The third-order valence-corrected chi connectivity index (χ3v) is 5.64. The van der Waals surface area contributed by atoms with Gasteiger partial charge in [0.25, 0.3) is 5.91 Å². The molecule has 2 aromatic carbocycles. The molecule has 0 spiro atoms. The molecule has 2 N–H and O–H groups in total. The molecule has 27 heavy (non-hydrogen) atoms. The number of halogens is 1. The van der Waals surface area contributed by atoms with Gasteiger partial charge in [-0.2, -0.15) is 0 Å². The summed E-state index contributed by atoms with van der Waals surface area (Å²) in [6, 6.07) is 18.0. The van der Waals surface area contributed by atoms with Gasteiger partial charge in [0.2, 0.25) is 5.91 Å². The number of hydrogen-bond donors (Lipinski definition) is 2. The van der Waals surface area contributed by atoms with Crippen molar-refractivity contribution in [3.05, 3.63) is 70.2 Å². The molecule has 2 aromatic rings. The smallest absolute Gasteiger partial charge is 0.251 e. The summed E-state index contributed by atoms with van der Waals surface area (Å²) in [5.74, 6) is 0.456. The molecule has 4 nitrogen and oxygen atoms in total. The lowest BCUT2D eigenvalue weighted by Crippen LogP contribution is -2.39. The van der Waals surface area contributed by atoms with Crippen LogP contribution in [0.2, 0.25) is 0 Å². The summed E-state index contributed by atoms with van der Waals surface area (Å²) in [7, 11) is 0. The molecule has 3 rings (SSSR count). The van der Waals surface area contributed by atoms with Gasteiger partial charge in [-0.15, -0.1) is 0 Å². The number of rotatable bonds is 6. The average molecular weight is 429 g/mol. The molecule has 0 bridgehead atoms. The van der Waals surface area contributed by atoms with Crippen LogP contribution in [0.25, 0.3) is 0 Å². The Morgan fingerprint density at radius 1 is 0.926 bits per heavy atom. The van der Waals surface area contributed by atoms with Crippen LogP contribution >= 0.6 is 15.9 Å². The number of benzene rings is 2. The Morgan fingerprint density at radius 3 is 2.26 bits per heavy atom. The first-order chi connectivity index (χ1) is 13.1. The third-order valence-electron chi connectivity index (χ3n) is 5.11. The van der Waals surface area contributed by atoms with Crippen LogP contribution < -0.4 is 10.6 Å². The molecule has 1 fully saturated rings. The highest BCUT2D eigenvalue weighted by molar-refractivity contribution is 9.10. The van der Waals surface area contributed by atoms with E-state index >= 15 is 0 Å². The van der Waals surface area contributed by atoms with E-state index in [4.69, 9.17) is 0 Å². The summed E-state index contributed by atoms with van der Waals surface area (Å²) in [4.78, 5) is 24.2. The standard InChI is InChI=1S/C22H25BrN2O2/c23-19-10-6-18(7-11-19)22(27)24-15-14-21(26)25-20-12-8-17(9-13-20)16-4-2-1-3-5-16/h1-7,10-11,17,20H,8-9,12-15H2,(H,24,27)(H,25,26). The molecule has 1 saturated carbocycles. The number of carbonyl (C=O) groups excluding carboxylic acids is 2. The molecular formula is C22H25BrN2O2. The summed E-state index contributed by atoms with van der Waals surface area (Å²) in [5.41, 5.74) is 2.00. The maximum Gasteiger partial charge on any atom is 0.251 e. The van der Waals surface area contributed by atoms with Crippen molar-refractivity contribution in [3.63, 3.8) is 0 Å². The van der Waals surface area contributed by atoms with E-state index in [0.717, 1.165) is 30.2 Å². The lowest BCUT2D eigenvalue weighted by Gasteiger charge is -2.29. The second kappa shape index (κ2) is 9.70. The molecular weight excluding hydrogens is 404 g/mol. The van der Waals surface area contributed by atoms with E-state index in [-0.39, 0.29) is 17.9 Å². The fourth-order valence-electron chi connectivity index (χ4n) is 3.59. The van der Waals surface area contributed by atoms with Gasteiger partial charge in [0, 0.05) is 29.0 Å². The number of nitrogens with one attached hydrogen (secondary N) is 2. The Labute approximate surface area is 168 Å². The molecule has 1 aliphatic rings. The zero-order valence-corrected chi connectivity index (χ0v) is 16.9. The largest absolute Gasteiger partial charge is 0.353 e. The van der Waals surface area contributed by atoms with Crippen molar-refractivity contribution in [1.29, 1.82) is 0 Å². The number of carbonyl (C=O) groups is 2. The highest BCUT2D eigenvalue weighted by Gasteiger charge is 2.23. The molecule has 0 unspecified atom stereocenters. The minimum absolute atomic E-state index is 0.00858. The van der Waals surface area contributed by atoms with E-state index in [9.17, 15) is 9.59 Å².